The lowest BCUT2D eigenvalue weighted by molar-refractivity contribution is 0.0987. The molecule has 1 fully saturated rings. The van der Waals surface area contributed by atoms with Gasteiger partial charge in [0.2, 0.25) is 10.0 Å². The first-order valence-electron chi connectivity index (χ1n) is 9.30. The minimum absolute atomic E-state index is 0.115. The molecule has 150 valence electrons. The van der Waals surface area contributed by atoms with E-state index in [1.54, 1.807) is 24.7 Å². The molecule has 0 aromatic carbocycles. The van der Waals surface area contributed by atoms with E-state index in [4.69, 9.17) is 9.72 Å². The number of hydrogen-bond acceptors (Lipinski definition) is 7. The van der Waals surface area contributed by atoms with Crippen molar-refractivity contribution in [2.75, 3.05) is 30.9 Å². The molecule has 4 aromatic rings. The minimum Gasteiger partial charge on any atom is -0.377 e. The van der Waals surface area contributed by atoms with Crippen LogP contribution >= 0.6 is 0 Å². The number of aromatic amines is 1. The number of fused-ring (bicyclic) bond motifs is 3. The highest BCUT2D eigenvalue weighted by Gasteiger charge is 2.26. The van der Waals surface area contributed by atoms with Gasteiger partial charge in [0.15, 0.2) is 0 Å². The second kappa shape index (κ2) is 6.53. The summed E-state index contributed by atoms with van der Waals surface area (Å²) in [4.78, 5) is 11.6. The predicted molar refractivity (Wildman–Crippen MR) is 110 cm³/mol. The Bertz CT molecular complexity index is 1310. The van der Waals surface area contributed by atoms with Crippen LogP contribution in [0.25, 0.3) is 33.2 Å². The van der Waals surface area contributed by atoms with Gasteiger partial charge in [-0.1, -0.05) is 0 Å². The molecule has 1 atom stereocenters. The van der Waals surface area contributed by atoms with Gasteiger partial charge >= 0.3 is 0 Å². The average Bonchev–Trinajstić information content (AvgIpc) is 3.37. The number of morpholine rings is 1. The molecule has 9 nitrogen and oxygen atoms in total. The van der Waals surface area contributed by atoms with Crippen LogP contribution in [0.1, 0.15) is 6.92 Å². The van der Waals surface area contributed by atoms with Gasteiger partial charge in [-0.2, -0.15) is 5.10 Å². The van der Waals surface area contributed by atoms with E-state index in [2.05, 4.69) is 27.0 Å². The maximum atomic E-state index is 12.5. The number of nitrogens with zero attached hydrogens (tertiary/aromatic N) is 5. The Morgan fingerprint density at radius 3 is 2.83 bits per heavy atom. The van der Waals surface area contributed by atoms with Gasteiger partial charge in [-0.3, -0.25) is 10.1 Å². The average molecular weight is 412 g/mol. The zero-order chi connectivity index (χ0) is 20.2. The Kier molecular flexibility index (Phi) is 4.07. The van der Waals surface area contributed by atoms with Gasteiger partial charge in [0.1, 0.15) is 22.7 Å². The number of hydrogen-bond donors (Lipinski definition) is 1. The van der Waals surface area contributed by atoms with Crippen molar-refractivity contribution in [3.8, 4) is 11.4 Å². The highest BCUT2D eigenvalue weighted by atomic mass is 32.2. The van der Waals surface area contributed by atoms with Crippen LogP contribution in [0.2, 0.25) is 0 Å². The first kappa shape index (κ1) is 18.1. The molecule has 5 heterocycles. The van der Waals surface area contributed by atoms with E-state index in [1.165, 1.54) is 10.2 Å². The largest absolute Gasteiger partial charge is 0.377 e. The summed E-state index contributed by atoms with van der Waals surface area (Å²) in [6.45, 7) is 3.93. The predicted octanol–water partition coefficient (Wildman–Crippen LogP) is 2.01. The number of nitrogens with one attached hydrogen (secondary N) is 1. The summed E-state index contributed by atoms with van der Waals surface area (Å²) in [5.74, 6) is 0.732. The van der Waals surface area contributed by atoms with Crippen molar-refractivity contribution in [2.24, 2.45) is 0 Å². The second-order valence-corrected chi connectivity index (χ2v) is 9.06. The molecular formula is C19H20N6O3S. The molecule has 0 spiro atoms. The van der Waals surface area contributed by atoms with Crippen LogP contribution < -0.4 is 4.90 Å². The van der Waals surface area contributed by atoms with Crippen LogP contribution in [0.4, 0.5) is 5.82 Å². The summed E-state index contributed by atoms with van der Waals surface area (Å²) >= 11 is 0. The lowest BCUT2D eigenvalue weighted by atomic mass is 10.1. The minimum atomic E-state index is -3.50. The third kappa shape index (κ3) is 2.87. The summed E-state index contributed by atoms with van der Waals surface area (Å²) in [5.41, 5.74) is 2.48. The number of ether oxygens (including phenoxy) is 1. The van der Waals surface area contributed by atoms with E-state index in [-0.39, 0.29) is 6.04 Å². The Morgan fingerprint density at radius 1 is 1.24 bits per heavy atom. The molecule has 0 amide bonds. The van der Waals surface area contributed by atoms with Gasteiger partial charge in [0.25, 0.3) is 0 Å². The molecule has 1 saturated heterocycles. The molecular weight excluding hydrogens is 392 g/mol. The first-order valence-corrected chi connectivity index (χ1v) is 11.1. The van der Waals surface area contributed by atoms with Crippen LogP contribution in [0, 0.1) is 0 Å². The van der Waals surface area contributed by atoms with Crippen molar-refractivity contribution in [2.45, 2.75) is 13.0 Å². The van der Waals surface area contributed by atoms with Gasteiger partial charge in [0, 0.05) is 35.9 Å². The van der Waals surface area contributed by atoms with E-state index in [0.29, 0.717) is 47.6 Å². The van der Waals surface area contributed by atoms with Crippen molar-refractivity contribution in [1.82, 2.24) is 24.1 Å². The molecule has 0 bridgehead atoms. The van der Waals surface area contributed by atoms with E-state index < -0.39 is 10.0 Å². The normalized spacial score (nSPS) is 18.0. The SMILES string of the molecule is C[C@@H]1COCCN1c1nc2c(-c3cc[nH]n3)nccc2c2c1ccn2S(C)(=O)=O. The van der Waals surface area contributed by atoms with Crippen LogP contribution in [0.3, 0.4) is 0 Å². The number of anilines is 1. The molecule has 0 aliphatic carbocycles. The fraction of sp³-hybridized carbons (Fsp3) is 0.316. The summed E-state index contributed by atoms with van der Waals surface area (Å²) < 4.78 is 31.9. The molecule has 0 unspecified atom stereocenters. The maximum Gasteiger partial charge on any atom is 0.236 e. The summed E-state index contributed by atoms with van der Waals surface area (Å²) in [5, 5.41) is 8.55. The van der Waals surface area contributed by atoms with Crippen molar-refractivity contribution in [3.63, 3.8) is 0 Å². The molecule has 10 heteroatoms. The van der Waals surface area contributed by atoms with Crippen molar-refractivity contribution < 1.29 is 13.2 Å². The monoisotopic (exact) mass is 412 g/mol. The zero-order valence-electron chi connectivity index (χ0n) is 16.0. The maximum absolute atomic E-state index is 12.5. The molecule has 5 rings (SSSR count). The van der Waals surface area contributed by atoms with E-state index in [9.17, 15) is 8.42 Å². The molecule has 1 aliphatic heterocycles. The van der Waals surface area contributed by atoms with Crippen molar-refractivity contribution in [1.29, 1.82) is 0 Å². The highest BCUT2D eigenvalue weighted by Crippen LogP contribution is 2.36. The first-order chi connectivity index (χ1) is 13.9. The quantitative estimate of drug-likeness (QED) is 0.549. The van der Waals surface area contributed by atoms with Crippen molar-refractivity contribution in [3.05, 3.63) is 36.8 Å². The molecule has 29 heavy (non-hydrogen) atoms. The zero-order valence-corrected chi connectivity index (χ0v) is 16.8. The van der Waals surface area contributed by atoms with E-state index in [0.717, 1.165) is 11.2 Å². The van der Waals surface area contributed by atoms with Crippen LogP contribution in [0.5, 0.6) is 0 Å². The van der Waals surface area contributed by atoms with Gasteiger partial charge < -0.3 is 9.64 Å². The summed E-state index contributed by atoms with van der Waals surface area (Å²) in [6.07, 6.45) is 6.17. The van der Waals surface area contributed by atoms with Crippen LogP contribution in [-0.4, -0.2) is 64.6 Å². The van der Waals surface area contributed by atoms with E-state index in [1.807, 2.05) is 12.1 Å². The fourth-order valence-corrected chi connectivity index (χ4v) is 4.71. The van der Waals surface area contributed by atoms with E-state index >= 15 is 0 Å². The van der Waals surface area contributed by atoms with Gasteiger partial charge in [-0.05, 0) is 25.1 Å². The van der Waals surface area contributed by atoms with Crippen LogP contribution in [0.15, 0.2) is 36.8 Å². The molecule has 0 saturated carbocycles. The summed E-state index contributed by atoms with van der Waals surface area (Å²) in [6, 6.07) is 5.55. The number of rotatable bonds is 3. The second-order valence-electron chi connectivity index (χ2n) is 7.20. The lowest BCUT2D eigenvalue weighted by Gasteiger charge is -2.35. The number of H-pyrrole nitrogens is 1. The van der Waals surface area contributed by atoms with Gasteiger partial charge in [-0.25, -0.2) is 17.4 Å². The third-order valence-electron chi connectivity index (χ3n) is 5.23. The Labute approximate surface area is 167 Å². The highest BCUT2D eigenvalue weighted by molar-refractivity contribution is 7.89. The smallest absolute Gasteiger partial charge is 0.236 e. The topological polar surface area (TPSA) is 106 Å². The molecule has 0 radical (unpaired) electrons. The molecule has 1 N–H and O–H groups in total. The summed E-state index contributed by atoms with van der Waals surface area (Å²) in [7, 11) is -3.50. The molecule has 1 aliphatic rings. The number of pyridine rings is 2. The molecule has 4 aromatic heterocycles. The third-order valence-corrected chi connectivity index (χ3v) is 6.25. The lowest BCUT2D eigenvalue weighted by Crippen LogP contribution is -2.44. The fourth-order valence-electron chi connectivity index (χ4n) is 3.90. The van der Waals surface area contributed by atoms with Crippen molar-refractivity contribution >= 4 is 37.6 Å². The van der Waals surface area contributed by atoms with Gasteiger partial charge in [-0.15, -0.1) is 0 Å². The van der Waals surface area contributed by atoms with Crippen LogP contribution in [-0.2, 0) is 14.8 Å². The standard InChI is InChI=1S/C19H20N6O3S/c1-12-11-28-10-9-24(12)19-14-5-8-25(29(2,26)27)18(14)13-3-6-20-17(16(13)22-19)15-4-7-21-23-15/h3-8,12H,9-11H2,1-2H3,(H,21,23)/t12-/m1/s1. The number of aromatic nitrogens is 5. The Balaban J connectivity index is 1.91. The Hall–Kier alpha value is -2.98. The van der Waals surface area contributed by atoms with Gasteiger partial charge in [0.05, 0.1) is 31.0 Å². The Morgan fingerprint density at radius 2 is 2.10 bits per heavy atom.